The predicted molar refractivity (Wildman–Crippen MR) is 87.8 cm³/mol. The van der Waals surface area contributed by atoms with E-state index in [9.17, 15) is 5.11 Å². The van der Waals surface area contributed by atoms with E-state index in [4.69, 9.17) is 14.2 Å². The molecule has 0 unspecified atom stereocenters. The maximum Gasteiger partial charge on any atom is 0.161 e. The molecule has 0 spiro atoms. The largest absolute Gasteiger partial charge is 0.508 e. The van der Waals surface area contributed by atoms with Gasteiger partial charge >= 0.3 is 0 Å². The van der Waals surface area contributed by atoms with Crippen molar-refractivity contribution in [3.8, 4) is 23.0 Å². The van der Waals surface area contributed by atoms with Crippen LogP contribution < -0.4 is 19.5 Å². The monoisotopic (exact) mass is 315 g/mol. The molecular formula is C18H21NO4. The highest BCUT2D eigenvalue weighted by Crippen LogP contribution is 2.40. The van der Waals surface area contributed by atoms with E-state index in [1.54, 1.807) is 33.5 Å². The Morgan fingerprint density at radius 3 is 2.39 bits per heavy atom. The van der Waals surface area contributed by atoms with Gasteiger partial charge in [0, 0.05) is 12.1 Å². The van der Waals surface area contributed by atoms with Crippen molar-refractivity contribution in [2.45, 2.75) is 12.5 Å². The number of hydrogen-bond donors (Lipinski definition) is 2. The Morgan fingerprint density at radius 1 is 0.957 bits per heavy atom. The maximum atomic E-state index is 10.3. The van der Waals surface area contributed by atoms with E-state index in [0.717, 1.165) is 29.8 Å². The molecule has 0 aliphatic carbocycles. The van der Waals surface area contributed by atoms with E-state index in [1.165, 1.54) is 5.56 Å². The van der Waals surface area contributed by atoms with Crippen molar-refractivity contribution in [3.63, 3.8) is 0 Å². The summed E-state index contributed by atoms with van der Waals surface area (Å²) in [6, 6.07) is 9.14. The maximum absolute atomic E-state index is 10.3. The average Bonchev–Trinajstić information content (AvgIpc) is 2.60. The van der Waals surface area contributed by atoms with Gasteiger partial charge in [-0.15, -0.1) is 0 Å². The number of nitrogens with one attached hydrogen (secondary N) is 1. The van der Waals surface area contributed by atoms with Crippen LogP contribution >= 0.6 is 0 Å². The Balaban J connectivity index is 2.11. The molecule has 0 bridgehead atoms. The van der Waals surface area contributed by atoms with Crippen molar-refractivity contribution >= 4 is 0 Å². The summed E-state index contributed by atoms with van der Waals surface area (Å²) >= 11 is 0. The SMILES string of the molecule is COc1ccc(O)c([C@H]2NCCc3cc(OC)c(OC)cc32)c1. The van der Waals surface area contributed by atoms with Crippen LogP contribution in [0.25, 0.3) is 0 Å². The van der Waals surface area contributed by atoms with Crippen LogP contribution in [0.5, 0.6) is 23.0 Å². The second-order valence-corrected chi connectivity index (χ2v) is 5.47. The molecule has 0 fully saturated rings. The Morgan fingerprint density at radius 2 is 1.70 bits per heavy atom. The lowest BCUT2D eigenvalue weighted by molar-refractivity contribution is 0.352. The van der Waals surface area contributed by atoms with Crippen LogP contribution in [0.3, 0.4) is 0 Å². The standard InChI is InChI=1S/C18H21NO4/c1-21-12-4-5-15(20)14(9-12)18-13-10-17(23-3)16(22-2)8-11(13)6-7-19-18/h4-5,8-10,18-20H,6-7H2,1-3H3/t18-/m0/s1. The first-order valence-corrected chi connectivity index (χ1v) is 7.53. The van der Waals surface area contributed by atoms with Crippen LogP contribution in [0, 0.1) is 0 Å². The molecule has 1 heterocycles. The molecule has 1 aliphatic rings. The lowest BCUT2D eigenvalue weighted by atomic mass is 9.89. The van der Waals surface area contributed by atoms with Crippen molar-refractivity contribution in [3.05, 3.63) is 47.0 Å². The second-order valence-electron chi connectivity index (χ2n) is 5.47. The lowest BCUT2D eigenvalue weighted by Gasteiger charge is -2.29. The molecule has 2 N–H and O–H groups in total. The highest BCUT2D eigenvalue weighted by molar-refractivity contribution is 5.54. The Labute approximate surface area is 135 Å². The summed E-state index contributed by atoms with van der Waals surface area (Å²) in [7, 11) is 4.88. The topological polar surface area (TPSA) is 60.0 Å². The fourth-order valence-electron chi connectivity index (χ4n) is 3.05. The van der Waals surface area contributed by atoms with Gasteiger partial charge in [-0.05, 0) is 47.9 Å². The molecule has 2 aromatic carbocycles. The van der Waals surface area contributed by atoms with Crippen molar-refractivity contribution in [2.75, 3.05) is 27.9 Å². The van der Waals surface area contributed by atoms with Crippen molar-refractivity contribution in [1.82, 2.24) is 5.32 Å². The molecule has 0 saturated carbocycles. The zero-order valence-corrected chi connectivity index (χ0v) is 13.6. The minimum atomic E-state index is -0.117. The molecule has 2 aromatic rings. The second kappa shape index (κ2) is 6.38. The molecule has 0 radical (unpaired) electrons. The molecular weight excluding hydrogens is 294 g/mol. The smallest absolute Gasteiger partial charge is 0.161 e. The van der Waals surface area contributed by atoms with E-state index >= 15 is 0 Å². The fourth-order valence-corrected chi connectivity index (χ4v) is 3.05. The van der Waals surface area contributed by atoms with Crippen molar-refractivity contribution < 1.29 is 19.3 Å². The van der Waals surface area contributed by atoms with Crippen LogP contribution in [-0.4, -0.2) is 33.0 Å². The number of rotatable bonds is 4. The molecule has 0 amide bonds. The van der Waals surface area contributed by atoms with E-state index < -0.39 is 0 Å². The Kier molecular flexibility index (Phi) is 4.30. The first kappa shape index (κ1) is 15.5. The lowest BCUT2D eigenvalue weighted by Crippen LogP contribution is -2.30. The van der Waals surface area contributed by atoms with Crippen LogP contribution in [-0.2, 0) is 6.42 Å². The number of fused-ring (bicyclic) bond motifs is 1. The fraction of sp³-hybridized carbons (Fsp3) is 0.333. The van der Waals surface area contributed by atoms with Gasteiger partial charge in [0.05, 0.1) is 27.4 Å². The Bertz CT molecular complexity index is 714. The van der Waals surface area contributed by atoms with Gasteiger partial charge in [0.2, 0.25) is 0 Å². The molecule has 0 saturated heterocycles. The summed E-state index contributed by atoms with van der Waals surface area (Å²) in [4.78, 5) is 0. The van der Waals surface area contributed by atoms with Gasteiger partial charge in [-0.3, -0.25) is 0 Å². The molecule has 0 aromatic heterocycles. The molecule has 1 atom stereocenters. The minimum absolute atomic E-state index is 0.117. The summed E-state index contributed by atoms with van der Waals surface area (Å²) in [5.41, 5.74) is 3.06. The minimum Gasteiger partial charge on any atom is -0.508 e. The number of benzene rings is 2. The predicted octanol–water partition coefficient (Wildman–Crippen LogP) is 2.65. The third-order valence-corrected chi connectivity index (χ3v) is 4.24. The average molecular weight is 315 g/mol. The summed E-state index contributed by atoms with van der Waals surface area (Å²) in [6.45, 7) is 0.823. The molecule has 3 rings (SSSR count). The Hall–Kier alpha value is -2.40. The third-order valence-electron chi connectivity index (χ3n) is 4.24. The van der Waals surface area contributed by atoms with Gasteiger partial charge in [-0.1, -0.05) is 0 Å². The number of phenolic OH excluding ortho intramolecular Hbond substituents is 1. The van der Waals surface area contributed by atoms with E-state index in [-0.39, 0.29) is 11.8 Å². The number of hydrogen-bond acceptors (Lipinski definition) is 5. The van der Waals surface area contributed by atoms with Crippen LogP contribution in [0.4, 0.5) is 0 Å². The van der Waals surface area contributed by atoms with E-state index in [0.29, 0.717) is 11.5 Å². The molecule has 1 aliphatic heterocycles. The van der Waals surface area contributed by atoms with Gasteiger partial charge in [-0.25, -0.2) is 0 Å². The first-order valence-electron chi connectivity index (χ1n) is 7.53. The summed E-state index contributed by atoms with van der Waals surface area (Å²) in [6.07, 6.45) is 0.900. The number of phenols is 1. The zero-order valence-electron chi connectivity index (χ0n) is 13.6. The van der Waals surface area contributed by atoms with Gasteiger partial charge in [0.1, 0.15) is 11.5 Å². The third kappa shape index (κ3) is 2.80. The summed E-state index contributed by atoms with van der Waals surface area (Å²) in [5.74, 6) is 2.36. The molecule has 23 heavy (non-hydrogen) atoms. The van der Waals surface area contributed by atoms with E-state index in [2.05, 4.69) is 5.32 Å². The molecule has 5 nitrogen and oxygen atoms in total. The number of aromatic hydroxyl groups is 1. The molecule has 122 valence electrons. The highest BCUT2D eigenvalue weighted by atomic mass is 16.5. The highest BCUT2D eigenvalue weighted by Gasteiger charge is 2.26. The first-order chi connectivity index (χ1) is 11.2. The zero-order chi connectivity index (χ0) is 16.4. The number of ether oxygens (including phenoxy) is 3. The van der Waals surface area contributed by atoms with Crippen LogP contribution in [0.1, 0.15) is 22.7 Å². The van der Waals surface area contributed by atoms with Crippen LogP contribution in [0.2, 0.25) is 0 Å². The van der Waals surface area contributed by atoms with Gasteiger partial charge < -0.3 is 24.6 Å². The number of methoxy groups -OCH3 is 3. The van der Waals surface area contributed by atoms with E-state index in [1.807, 2.05) is 18.2 Å². The quantitative estimate of drug-likeness (QED) is 0.908. The van der Waals surface area contributed by atoms with Gasteiger partial charge in [0.25, 0.3) is 0 Å². The van der Waals surface area contributed by atoms with Gasteiger partial charge in [0.15, 0.2) is 11.5 Å². The molecule has 5 heteroatoms. The van der Waals surface area contributed by atoms with Gasteiger partial charge in [-0.2, -0.15) is 0 Å². The van der Waals surface area contributed by atoms with Crippen molar-refractivity contribution in [2.24, 2.45) is 0 Å². The summed E-state index contributed by atoms with van der Waals surface area (Å²) in [5, 5.41) is 13.7. The normalized spacial score (nSPS) is 16.6. The van der Waals surface area contributed by atoms with Crippen molar-refractivity contribution in [1.29, 1.82) is 0 Å². The summed E-state index contributed by atoms with van der Waals surface area (Å²) < 4.78 is 16.1. The van der Waals surface area contributed by atoms with Crippen LogP contribution in [0.15, 0.2) is 30.3 Å².